The highest BCUT2D eigenvalue weighted by Gasteiger charge is 2.43. The molecular formula is C23H29ClN6O4. The van der Waals surface area contributed by atoms with E-state index in [2.05, 4.69) is 28.4 Å². The number of aliphatic hydroxyl groups excluding tert-OH is 1. The van der Waals surface area contributed by atoms with Crippen molar-refractivity contribution in [2.75, 3.05) is 18.4 Å². The van der Waals surface area contributed by atoms with Crippen LogP contribution in [0.2, 0.25) is 5.02 Å². The fraction of sp³-hybridized carbons (Fsp3) is 0.609. The van der Waals surface area contributed by atoms with Gasteiger partial charge in [0.1, 0.15) is 23.8 Å². The Balaban J connectivity index is 1.66. The van der Waals surface area contributed by atoms with E-state index in [1.54, 1.807) is 10.7 Å². The van der Waals surface area contributed by atoms with E-state index in [1.165, 1.54) is 18.7 Å². The molecule has 0 radical (unpaired) electrons. The number of rotatable bonds is 6. The molecule has 1 saturated carbocycles. The van der Waals surface area contributed by atoms with Crippen LogP contribution < -0.4 is 5.32 Å². The maximum Gasteiger partial charge on any atom is 0.303 e. The number of nitrogens with zero attached hydrogens (tertiary/aromatic N) is 5. The number of ether oxygens (including phenoxy) is 1. The third-order valence-electron chi connectivity index (χ3n) is 7.09. The molecule has 2 N–H and O–H groups in total. The Morgan fingerprint density at radius 2 is 2.21 bits per heavy atom. The van der Waals surface area contributed by atoms with Crippen molar-refractivity contribution < 1.29 is 19.4 Å². The fourth-order valence-electron chi connectivity index (χ4n) is 5.07. The Hall–Kier alpha value is -2.90. The van der Waals surface area contributed by atoms with Gasteiger partial charge in [0.2, 0.25) is 5.95 Å². The lowest BCUT2D eigenvalue weighted by Crippen LogP contribution is -2.55. The summed E-state index contributed by atoms with van der Waals surface area (Å²) in [5.74, 6) is -0.560. The molecule has 3 atom stereocenters. The largest absolute Gasteiger partial charge is 0.458 e. The second kappa shape index (κ2) is 9.39. The van der Waals surface area contributed by atoms with Crippen molar-refractivity contribution >= 4 is 34.9 Å². The Morgan fingerprint density at radius 3 is 2.76 bits per heavy atom. The lowest BCUT2D eigenvalue weighted by molar-refractivity contribution is -0.155. The number of aliphatic hydroxyl groups is 1. The number of carbonyl (C=O) groups is 2. The van der Waals surface area contributed by atoms with Crippen LogP contribution in [0.15, 0.2) is 6.20 Å². The van der Waals surface area contributed by atoms with Crippen molar-refractivity contribution in [3.05, 3.63) is 22.5 Å². The molecule has 2 aromatic rings. The van der Waals surface area contributed by atoms with E-state index in [1.807, 2.05) is 0 Å². The molecule has 11 heteroatoms. The molecule has 1 amide bonds. The number of esters is 1. The number of aromatic nitrogens is 3. The number of hydrogen-bond acceptors (Lipinski definition) is 8. The van der Waals surface area contributed by atoms with E-state index in [0.717, 1.165) is 31.4 Å². The predicted octanol–water partition coefficient (Wildman–Crippen LogP) is 2.41. The number of hydrogen-bond donors (Lipinski definition) is 2. The van der Waals surface area contributed by atoms with E-state index in [4.69, 9.17) is 16.3 Å². The van der Waals surface area contributed by atoms with E-state index in [9.17, 15) is 20.0 Å². The van der Waals surface area contributed by atoms with Crippen LogP contribution in [0.3, 0.4) is 0 Å². The van der Waals surface area contributed by atoms with Gasteiger partial charge in [0.05, 0.1) is 35.1 Å². The molecule has 34 heavy (non-hydrogen) atoms. The maximum atomic E-state index is 12.2. The number of nitriles is 1. The van der Waals surface area contributed by atoms with Gasteiger partial charge in [0, 0.05) is 18.9 Å². The van der Waals surface area contributed by atoms with Crippen LogP contribution >= 0.6 is 11.6 Å². The molecule has 2 aliphatic rings. The first kappa shape index (κ1) is 24.2. The van der Waals surface area contributed by atoms with Gasteiger partial charge in [-0.1, -0.05) is 24.9 Å². The first-order valence-corrected chi connectivity index (χ1v) is 12.0. The molecule has 0 aromatic carbocycles. The fourth-order valence-corrected chi connectivity index (χ4v) is 5.33. The Morgan fingerprint density at radius 1 is 1.47 bits per heavy atom. The van der Waals surface area contributed by atoms with Gasteiger partial charge in [0.25, 0.3) is 5.91 Å². The lowest BCUT2D eigenvalue weighted by atomic mass is 9.64. The van der Waals surface area contributed by atoms with Crippen LogP contribution in [0.5, 0.6) is 0 Å². The molecule has 4 rings (SSSR count). The topological polar surface area (TPSA) is 133 Å². The molecular weight excluding hydrogens is 460 g/mol. The monoisotopic (exact) mass is 488 g/mol. The van der Waals surface area contributed by atoms with Crippen LogP contribution in [-0.4, -0.2) is 67.8 Å². The van der Waals surface area contributed by atoms with Crippen molar-refractivity contribution in [3.63, 3.8) is 0 Å². The van der Waals surface area contributed by atoms with Gasteiger partial charge in [-0.05, 0) is 32.6 Å². The summed E-state index contributed by atoms with van der Waals surface area (Å²) in [6, 6.07) is 1.92. The van der Waals surface area contributed by atoms with E-state index >= 15 is 0 Å². The molecule has 1 aliphatic heterocycles. The highest BCUT2D eigenvalue weighted by atomic mass is 35.5. The standard InChI is InChI=1S/C23H29ClN6O4/c1-4-23(7-5-8-23)20-15(10-25)19(24)17-11-26-22(28-30(17)20)27-16-6-9-29(21(33)13(2)31)12-18(16)34-14(3)32/h11,13,16,18,31H,4-9,12H2,1-3H3,(H,27,28)/t13-,16+,18+/m0/s1. The van der Waals surface area contributed by atoms with Crippen molar-refractivity contribution in [1.29, 1.82) is 5.26 Å². The van der Waals surface area contributed by atoms with Crippen LogP contribution in [-0.2, 0) is 19.7 Å². The molecule has 182 valence electrons. The number of amides is 1. The predicted molar refractivity (Wildman–Crippen MR) is 124 cm³/mol. The van der Waals surface area contributed by atoms with Gasteiger partial charge in [-0.3, -0.25) is 9.59 Å². The maximum absolute atomic E-state index is 12.2. The average molecular weight is 489 g/mol. The van der Waals surface area contributed by atoms with Gasteiger partial charge in [0.15, 0.2) is 0 Å². The van der Waals surface area contributed by atoms with Crippen LogP contribution in [0.4, 0.5) is 5.95 Å². The summed E-state index contributed by atoms with van der Waals surface area (Å²) in [4.78, 5) is 29.8. The summed E-state index contributed by atoms with van der Waals surface area (Å²) >= 11 is 6.54. The average Bonchev–Trinajstić information content (AvgIpc) is 3.05. The quantitative estimate of drug-likeness (QED) is 0.592. The molecule has 2 fully saturated rings. The highest BCUT2D eigenvalue weighted by molar-refractivity contribution is 6.35. The number of fused-ring (bicyclic) bond motifs is 1. The van der Waals surface area contributed by atoms with Gasteiger partial charge in [-0.25, -0.2) is 9.50 Å². The highest BCUT2D eigenvalue weighted by Crippen LogP contribution is 2.49. The number of likely N-dealkylation sites (tertiary alicyclic amines) is 1. The normalized spacial score (nSPS) is 22.5. The molecule has 0 unspecified atom stereocenters. The second-order valence-electron chi connectivity index (χ2n) is 9.16. The number of anilines is 1. The molecule has 1 saturated heterocycles. The molecule has 1 aliphatic carbocycles. The first-order valence-electron chi connectivity index (χ1n) is 11.6. The zero-order valence-corrected chi connectivity index (χ0v) is 20.3. The lowest BCUT2D eigenvalue weighted by Gasteiger charge is -2.41. The van der Waals surface area contributed by atoms with Crippen molar-refractivity contribution in [1.82, 2.24) is 19.5 Å². The van der Waals surface area contributed by atoms with Crippen LogP contribution in [0, 0.1) is 11.3 Å². The summed E-state index contributed by atoms with van der Waals surface area (Å²) in [6.07, 6.45) is 4.21. The SMILES string of the molecule is CCC1(c2c(C#N)c(Cl)c3cnc(N[C@@H]4CCN(C(=O)[C@H](C)O)C[C@H]4OC(C)=O)nn23)CCC1. The van der Waals surface area contributed by atoms with E-state index in [0.29, 0.717) is 35.0 Å². The zero-order valence-electron chi connectivity index (χ0n) is 19.5. The van der Waals surface area contributed by atoms with Crippen LogP contribution in [0.1, 0.15) is 64.1 Å². The molecule has 10 nitrogen and oxygen atoms in total. The summed E-state index contributed by atoms with van der Waals surface area (Å²) in [7, 11) is 0. The minimum Gasteiger partial charge on any atom is -0.458 e. The summed E-state index contributed by atoms with van der Waals surface area (Å²) in [5.41, 5.74) is 1.70. The van der Waals surface area contributed by atoms with Crippen LogP contribution in [0.25, 0.3) is 5.52 Å². The number of carbonyl (C=O) groups excluding carboxylic acids is 2. The summed E-state index contributed by atoms with van der Waals surface area (Å²) in [5, 5.41) is 27.8. The number of halogens is 1. The minimum atomic E-state index is -1.13. The molecule has 2 aromatic heterocycles. The van der Waals surface area contributed by atoms with Crippen molar-refractivity contribution in [2.45, 2.75) is 76.5 Å². The minimum absolute atomic E-state index is 0.139. The zero-order chi connectivity index (χ0) is 24.6. The van der Waals surface area contributed by atoms with Gasteiger partial charge in [-0.2, -0.15) is 5.26 Å². The van der Waals surface area contributed by atoms with Gasteiger partial charge >= 0.3 is 5.97 Å². The first-order chi connectivity index (χ1) is 16.2. The summed E-state index contributed by atoms with van der Waals surface area (Å²) < 4.78 is 7.21. The number of piperidine rings is 1. The molecule has 0 spiro atoms. The van der Waals surface area contributed by atoms with E-state index < -0.39 is 24.1 Å². The second-order valence-corrected chi connectivity index (χ2v) is 9.54. The Kier molecular flexibility index (Phi) is 6.69. The molecule has 3 heterocycles. The Labute approximate surface area is 202 Å². The third kappa shape index (κ3) is 4.18. The summed E-state index contributed by atoms with van der Waals surface area (Å²) in [6.45, 7) is 5.38. The number of nitrogens with one attached hydrogen (secondary N) is 1. The third-order valence-corrected chi connectivity index (χ3v) is 7.47. The van der Waals surface area contributed by atoms with Gasteiger partial charge < -0.3 is 20.1 Å². The van der Waals surface area contributed by atoms with E-state index in [-0.39, 0.29) is 18.0 Å². The Bertz CT molecular complexity index is 1150. The van der Waals surface area contributed by atoms with Crippen molar-refractivity contribution in [3.8, 4) is 6.07 Å². The van der Waals surface area contributed by atoms with Crippen molar-refractivity contribution in [2.24, 2.45) is 0 Å². The molecule has 0 bridgehead atoms. The smallest absolute Gasteiger partial charge is 0.303 e. The van der Waals surface area contributed by atoms with Gasteiger partial charge in [-0.15, -0.1) is 5.10 Å².